The number of rotatable bonds is 13. The van der Waals surface area contributed by atoms with Crippen LogP contribution in [0.2, 0.25) is 0 Å². The lowest BCUT2D eigenvalue weighted by molar-refractivity contribution is 0.289. The number of nitriles is 1. The zero-order chi connectivity index (χ0) is 20.6. The first-order chi connectivity index (χ1) is 14.3. The number of aryl methyl sites for hydroxylation is 2. The Bertz CT molecular complexity index is 623. The normalized spacial score (nSPS) is 19.7. The maximum Gasteiger partial charge on any atom is 0.0912 e. The van der Waals surface area contributed by atoms with Crippen molar-refractivity contribution in [2.24, 2.45) is 11.8 Å². The summed E-state index contributed by atoms with van der Waals surface area (Å²) < 4.78 is 0. The van der Waals surface area contributed by atoms with Crippen LogP contribution < -0.4 is 0 Å². The van der Waals surface area contributed by atoms with Gasteiger partial charge in [-0.1, -0.05) is 87.9 Å². The van der Waals surface area contributed by atoms with Gasteiger partial charge in [-0.2, -0.15) is 5.26 Å². The smallest absolute Gasteiger partial charge is 0.0912 e. The molecule has 0 radical (unpaired) electrons. The van der Waals surface area contributed by atoms with Gasteiger partial charge in [0.1, 0.15) is 0 Å². The number of unbranched alkanes of at least 4 members (excludes halogenated alkanes) is 5. The van der Waals surface area contributed by atoms with Gasteiger partial charge in [0, 0.05) is 6.08 Å². The quantitative estimate of drug-likeness (QED) is 0.188. The first-order valence-corrected chi connectivity index (χ1v) is 12.1. The number of allylic oxidation sites excluding steroid dienone is 4. The van der Waals surface area contributed by atoms with Gasteiger partial charge in [-0.05, 0) is 74.3 Å². The number of nitrogens with zero attached hydrogens (tertiary/aromatic N) is 1. The second kappa shape index (κ2) is 15.1. The van der Waals surface area contributed by atoms with E-state index in [1.165, 1.54) is 101 Å². The van der Waals surface area contributed by atoms with E-state index in [-0.39, 0.29) is 0 Å². The van der Waals surface area contributed by atoms with Crippen molar-refractivity contribution >= 4 is 0 Å². The standard InChI is InChI=1S/C28H41N/c1-2-3-4-5-7-12-25-16-20-27(21-17-25)14-9-10-15-28-22-18-26(19-23-28)13-8-6-11-24-29/h6,8,11,13,16-17,20-21,26,28H,2-5,7,9-10,12,14-15,18-19,22-23H2,1H3/b11-6+,13-8+/t26-,28-. The Morgan fingerprint density at radius 1 is 0.828 bits per heavy atom. The predicted molar refractivity (Wildman–Crippen MR) is 126 cm³/mol. The second-order valence-electron chi connectivity index (χ2n) is 8.88. The van der Waals surface area contributed by atoms with Crippen LogP contribution in [0.1, 0.15) is 95.1 Å². The van der Waals surface area contributed by atoms with Crippen molar-refractivity contribution in [3.63, 3.8) is 0 Å². The molecule has 1 heteroatoms. The molecule has 1 nitrogen and oxygen atoms in total. The van der Waals surface area contributed by atoms with E-state index in [4.69, 9.17) is 5.26 Å². The summed E-state index contributed by atoms with van der Waals surface area (Å²) in [5.74, 6) is 1.66. The van der Waals surface area contributed by atoms with Crippen molar-refractivity contribution in [3.05, 3.63) is 59.7 Å². The van der Waals surface area contributed by atoms with E-state index in [9.17, 15) is 0 Å². The number of benzene rings is 1. The zero-order valence-corrected chi connectivity index (χ0v) is 18.6. The van der Waals surface area contributed by atoms with Crippen LogP contribution in [-0.4, -0.2) is 0 Å². The minimum absolute atomic E-state index is 0.722. The van der Waals surface area contributed by atoms with Crippen LogP contribution in [-0.2, 0) is 12.8 Å². The van der Waals surface area contributed by atoms with Crippen molar-refractivity contribution in [2.45, 2.75) is 96.8 Å². The Kier molecular flexibility index (Phi) is 12.2. The average molecular weight is 392 g/mol. The molecule has 0 aliphatic heterocycles. The highest BCUT2D eigenvalue weighted by Crippen LogP contribution is 2.32. The molecule has 0 bridgehead atoms. The molecule has 0 N–H and O–H groups in total. The molecule has 1 aliphatic rings. The summed E-state index contributed by atoms with van der Waals surface area (Å²) in [4.78, 5) is 0. The van der Waals surface area contributed by atoms with Gasteiger partial charge in [-0.25, -0.2) is 0 Å². The lowest BCUT2D eigenvalue weighted by atomic mass is 9.79. The van der Waals surface area contributed by atoms with Gasteiger partial charge in [-0.15, -0.1) is 0 Å². The lowest BCUT2D eigenvalue weighted by Gasteiger charge is -2.26. The molecule has 1 aliphatic carbocycles. The van der Waals surface area contributed by atoms with Gasteiger partial charge < -0.3 is 0 Å². The van der Waals surface area contributed by atoms with E-state index in [1.54, 1.807) is 6.08 Å². The van der Waals surface area contributed by atoms with Gasteiger partial charge >= 0.3 is 0 Å². The summed E-state index contributed by atoms with van der Waals surface area (Å²) in [6.07, 6.45) is 26.6. The first kappa shape index (κ1) is 23.5. The fourth-order valence-corrected chi connectivity index (χ4v) is 4.56. The molecule has 1 saturated carbocycles. The molecule has 1 aromatic carbocycles. The molecule has 1 fully saturated rings. The predicted octanol–water partition coefficient (Wildman–Crippen LogP) is 8.35. The van der Waals surface area contributed by atoms with Crippen LogP contribution in [0.4, 0.5) is 0 Å². The Balaban J connectivity index is 1.54. The third-order valence-electron chi connectivity index (χ3n) is 6.48. The Hall–Kier alpha value is -1.81. The van der Waals surface area contributed by atoms with Gasteiger partial charge in [0.2, 0.25) is 0 Å². The molecule has 0 heterocycles. The minimum atomic E-state index is 0.722. The van der Waals surface area contributed by atoms with Crippen LogP contribution in [0.3, 0.4) is 0 Å². The van der Waals surface area contributed by atoms with E-state index >= 15 is 0 Å². The second-order valence-corrected chi connectivity index (χ2v) is 8.88. The topological polar surface area (TPSA) is 23.8 Å². The van der Waals surface area contributed by atoms with E-state index < -0.39 is 0 Å². The van der Waals surface area contributed by atoms with E-state index in [1.807, 2.05) is 18.2 Å². The summed E-state index contributed by atoms with van der Waals surface area (Å²) in [6, 6.07) is 11.5. The summed E-state index contributed by atoms with van der Waals surface area (Å²) in [5.41, 5.74) is 3.03. The molecular formula is C28H41N. The molecule has 0 spiro atoms. The zero-order valence-electron chi connectivity index (χ0n) is 18.6. The molecule has 0 amide bonds. The van der Waals surface area contributed by atoms with Crippen LogP contribution in [0.15, 0.2) is 48.6 Å². The molecule has 29 heavy (non-hydrogen) atoms. The van der Waals surface area contributed by atoms with E-state index in [0.717, 1.165) is 11.8 Å². The maximum atomic E-state index is 8.51. The molecule has 0 atom stereocenters. The largest absolute Gasteiger partial charge is 0.193 e. The molecule has 2 rings (SSSR count). The molecular weight excluding hydrogens is 350 g/mol. The highest BCUT2D eigenvalue weighted by molar-refractivity contribution is 5.22. The van der Waals surface area contributed by atoms with Crippen LogP contribution in [0.25, 0.3) is 0 Å². The number of hydrogen-bond donors (Lipinski definition) is 0. The molecule has 158 valence electrons. The molecule has 0 saturated heterocycles. The Labute approximate surface area is 179 Å². The molecule has 0 aromatic heterocycles. The van der Waals surface area contributed by atoms with Crippen LogP contribution >= 0.6 is 0 Å². The minimum Gasteiger partial charge on any atom is -0.193 e. The average Bonchev–Trinajstić information content (AvgIpc) is 2.76. The monoisotopic (exact) mass is 391 g/mol. The third-order valence-corrected chi connectivity index (χ3v) is 6.48. The van der Waals surface area contributed by atoms with Crippen LogP contribution in [0.5, 0.6) is 0 Å². The van der Waals surface area contributed by atoms with Crippen molar-refractivity contribution in [3.8, 4) is 6.07 Å². The van der Waals surface area contributed by atoms with Crippen molar-refractivity contribution in [2.75, 3.05) is 0 Å². The fraction of sp³-hybridized carbons (Fsp3) is 0.607. The molecule has 0 unspecified atom stereocenters. The fourth-order valence-electron chi connectivity index (χ4n) is 4.56. The van der Waals surface area contributed by atoms with E-state index in [2.05, 4.69) is 37.3 Å². The summed E-state index contributed by atoms with van der Waals surface area (Å²) in [6.45, 7) is 2.28. The Morgan fingerprint density at radius 3 is 2.07 bits per heavy atom. The molecule has 1 aromatic rings. The highest BCUT2D eigenvalue weighted by Gasteiger charge is 2.18. The summed E-state index contributed by atoms with van der Waals surface area (Å²) in [5, 5.41) is 8.51. The van der Waals surface area contributed by atoms with Gasteiger partial charge in [0.25, 0.3) is 0 Å². The van der Waals surface area contributed by atoms with E-state index in [0.29, 0.717) is 0 Å². The lowest BCUT2D eigenvalue weighted by Crippen LogP contribution is -2.13. The first-order valence-electron chi connectivity index (χ1n) is 12.1. The van der Waals surface area contributed by atoms with Crippen molar-refractivity contribution < 1.29 is 0 Å². The van der Waals surface area contributed by atoms with Crippen LogP contribution in [0, 0.1) is 23.2 Å². The summed E-state index contributed by atoms with van der Waals surface area (Å²) >= 11 is 0. The van der Waals surface area contributed by atoms with Gasteiger partial charge in [0.05, 0.1) is 6.07 Å². The van der Waals surface area contributed by atoms with Gasteiger partial charge in [0.15, 0.2) is 0 Å². The maximum absolute atomic E-state index is 8.51. The van der Waals surface area contributed by atoms with Crippen molar-refractivity contribution in [1.29, 1.82) is 5.26 Å². The van der Waals surface area contributed by atoms with Gasteiger partial charge in [-0.3, -0.25) is 0 Å². The third kappa shape index (κ3) is 10.5. The summed E-state index contributed by atoms with van der Waals surface area (Å²) in [7, 11) is 0. The Morgan fingerprint density at radius 2 is 1.45 bits per heavy atom. The van der Waals surface area contributed by atoms with Crippen molar-refractivity contribution in [1.82, 2.24) is 0 Å². The highest BCUT2D eigenvalue weighted by atomic mass is 14.2. The SMILES string of the molecule is CCCCCCCc1ccc(CCCC[C@H]2CC[C@H](/C=C/C=C/C#N)CC2)cc1. The number of hydrogen-bond acceptors (Lipinski definition) is 1.